The number of rotatable bonds is 5. The molecular weight excluding hydrogens is 316 g/mol. The van der Waals surface area contributed by atoms with Gasteiger partial charge in [-0.05, 0) is 49.9 Å². The van der Waals surface area contributed by atoms with Crippen molar-refractivity contribution in [1.82, 2.24) is 5.32 Å². The van der Waals surface area contributed by atoms with Gasteiger partial charge in [-0.1, -0.05) is 42.5 Å². The van der Waals surface area contributed by atoms with Gasteiger partial charge < -0.3 is 15.7 Å². The Bertz CT molecular complexity index is 744. The molecule has 0 aromatic heterocycles. The minimum Gasteiger partial charge on any atom is -0.388 e. The summed E-state index contributed by atoms with van der Waals surface area (Å²) in [5, 5.41) is 15.4. The van der Waals surface area contributed by atoms with E-state index >= 15 is 0 Å². The molecule has 0 saturated carbocycles. The molecule has 0 aliphatic rings. The molecule has 2 aromatic carbocycles. The van der Waals surface area contributed by atoms with Crippen LogP contribution in [-0.4, -0.2) is 23.0 Å². The van der Waals surface area contributed by atoms with Gasteiger partial charge in [-0.2, -0.15) is 0 Å². The molecule has 2 atom stereocenters. The van der Waals surface area contributed by atoms with Crippen molar-refractivity contribution in [3.63, 3.8) is 0 Å². The summed E-state index contributed by atoms with van der Waals surface area (Å²) in [6.45, 7) is 5.59. The van der Waals surface area contributed by atoms with E-state index < -0.39 is 17.9 Å². The highest BCUT2D eigenvalue weighted by Gasteiger charge is 2.19. The summed E-state index contributed by atoms with van der Waals surface area (Å²) in [6, 6.07) is 14.4. The minimum atomic E-state index is -0.714. The largest absolute Gasteiger partial charge is 0.388 e. The van der Waals surface area contributed by atoms with Crippen molar-refractivity contribution in [2.75, 3.05) is 5.32 Å². The van der Waals surface area contributed by atoms with E-state index in [2.05, 4.69) is 10.6 Å². The first-order valence-electron chi connectivity index (χ1n) is 8.29. The summed E-state index contributed by atoms with van der Waals surface area (Å²) < 4.78 is 0. The maximum Gasteiger partial charge on any atom is 0.313 e. The van der Waals surface area contributed by atoms with Crippen LogP contribution in [0.1, 0.15) is 36.1 Å². The Labute approximate surface area is 148 Å². The number of carbonyl (C=O) groups excluding carboxylic acids is 2. The quantitative estimate of drug-likeness (QED) is 0.732. The van der Waals surface area contributed by atoms with Crippen molar-refractivity contribution >= 4 is 17.5 Å². The number of aryl methyl sites for hydroxylation is 1. The number of benzene rings is 2. The predicted octanol–water partition coefficient (Wildman–Crippen LogP) is 2.87. The molecule has 5 nitrogen and oxygen atoms in total. The lowest BCUT2D eigenvalue weighted by Crippen LogP contribution is -2.41. The van der Waals surface area contributed by atoms with Gasteiger partial charge in [-0.15, -0.1) is 0 Å². The molecule has 2 amide bonds. The number of anilines is 1. The molecule has 0 aliphatic heterocycles. The van der Waals surface area contributed by atoms with Crippen molar-refractivity contribution in [2.24, 2.45) is 0 Å². The zero-order chi connectivity index (χ0) is 18.4. The van der Waals surface area contributed by atoms with Crippen LogP contribution in [0.3, 0.4) is 0 Å². The van der Waals surface area contributed by atoms with E-state index in [-0.39, 0.29) is 6.04 Å². The second-order valence-corrected chi connectivity index (χ2v) is 6.24. The maximum atomic E-state index is 12.1. The summed E-state index contributed by atoms with van der Waals surface area (Å²) in [5.41, 5.74) is 3.37. The van der Waals surface area contributed by atoms with Crippen LogP contribution < -0.4 is 10.6 Å². The van der Waals surface area contributed by atoms with Crippen molar-refractivity contribution in [3.05, 3.63) is 65.2 Å². The van der Waals surface area contributed by atoms with Crippen LogP contribution in [0.25, 0.3) is 0 Å². The van der Waals surface area contributed by atoms with Crippen molar-refractivity contribution in [2.45, 2.75) is 39.3 Å². The standard InChI is InChI=1S/C20H24N2O3/c1-13-8-7-11-17(15(13)3)22-20(25)19(24)21-14(2)12-18(23)16-9-5-4-6-10-16/h4-11,14,18,23H,12H2,1-3H3,(H,21,24)(H,22,25). The van der Waals surface area contributed by atoms with E-state index in [0.29, 0.717) is 12.1 Å². The monoisotopic (exact) mass is 340 g/mol. The number of hydrogen-bond acceptors (Lipinski definition) is 3. The van der Waals surface area contributed by atoms with Gasteiger partial charge in [-0.25, -0.2) is 0 Å². The molecule has 0 spiro atoms. The number of amides is 2. The van der Waals surface area contributed by atoms with Gasteiger partial charge in [0.25, 0.3) is 0 Å². The number of nitrogens with one attached hydrogen (secondary N) is 2. The van der Waals surface area contributed by atoms with Gasteiger partial charge in [0, 0.05) is 11.7 Å². The predicted molar refractivity (Wildman–Crippen MR) is 98.2 cm³/mol. The summed E-state index contributed by atoms with van der Waals surface area (Å²) >= 11 is 0. The summed E-state index contributed by atoms with van der Waals surface area (Å²) in [4.78, 5) is 24.1. The van der Waals surface area contributed by atoms with Crippen LogP contribution in [0.5, 0.6) is 0 Å². The highest BCUT2D eigenvalue weighted by Crippen LogP contribution is 2.19. The normalized spacial score (nSPS) is 13.0. The lowest BCUT2D eigenvalue weighted by atomic mass is 10.0. The van der Waals surface area contributed by atoms with Gasteiger partial charge in [0.1, 0.15) is 0 Å². The summed E-state index contributed by atoms with van der Waals surface area (Å²) in [5.74, 6) is -1.43. The Hall–Kier alpha value is -2.66. The van der Waals surface area contributed by atoms with E-state index in [1.807, 2.05) is 56.3 Å². The average molecular weight is 340 g/mol. The fraction of sp³-hybridized carbons (Fsp3) is 0.300. The van der Waals surface area contributed by atoms with E-state index in [9.17, 15) is 14.7 Å². The Kier molecular flexibility index (Phi) is 6.31. The van der Waals surface area contributed by atoms with Crippen molar-refractivity contribution in [3.8, 4) is 0 Å². The highest BCUT2D eigenvalue weighted by atomic mass is 16.3. The molecule has 0 fully saturated rings. The molecule has 2 rings (SSSR count). The van der Waals surface area contributed by atoms with Gasteiger partial charge in [-0.3, -0.25) is 9.59 Å². The summed E-state index contributed by atoms with van der Waals surface area (Å²) in [6.07, 6.45) is -0.370. The second-order valence-electron chi connectivity index (χ2n) is 6.24. The Balaban J connectivity index is 1.90. The van der Waals surface area contributed by atoms with Crippen molar-refractivity contribution < 1.29 is 14.7 Å². The Morgan fingerprint density at radius 3 is 2.36 bits per heavy atom. The van der Waals surface area contributed by atoms with E-state index in [1.54, 1.807) is 13.0 Å². The SMILES string of the molecule is Cc1cccc(NC(=O)C(=O)NC(C)CC(O)c2ccccc2)c1C. The molecule has 0 saturated heterocycles. The minimum absolute atomic E-state index is 0.326. The number of aliphatic hydroxyl groups excluding tert-OH is 1. The van der Waals surface area contributed by atoms with Crippen LogP contribution >= 0.6 is 0 Å². The average Bonchev–Trinajstić information content (AvgIpc) is 2.59. The molecule has 2 aromatic rings. The first-order chi connectivity index (χ1) is 11.9. The Morgan fingerprint density at radius 2 is 1.68 bits per heavy atom. The molecule has 2 unspecified atom stereocenters. The molecule has 0 bridgehead atoms. The molecule has 0 aliphatic carbocycles. The lowest BCUT2D eigenvalue weighted by molar-refractivity contribution is -0.136. The van der Waals surface area contributed by atoms with Crippen LogP contribution in [0.15, 0.2) is 48.5 Å². The second kappa shape index (κ2) is 8.44. The van der Waals surface area contributed by atoms with Crippen LogP contribution in [-0.2, 0) is 9.59 Å². The van der Waals surface area contributed by atoms with Gasteiger partial charge >= 0.3 is 11.8 Å². The van der Waals surface area contributed by atoms with Gasteiger partial charge in [0.05, 0.1) is 6.10 Å². The third-order valence-corrected chi connectivity index (χ3v) is 4.20. The zero-order valence-electron chi connectivity index (χ0n) is 14.7. The first-order valence-corrected chi connectivity index (χ1v) is 8.29. The number of aliphatic hydroxyl groups is 1. The van der Waals surface area contributed by atoms with Crippen molar-refractivity contribution in [1.29, 1.82) is 0 Å². The fourth-order valence-electron chi connectivity index (χ4n) is 2.56. The molecule has 132 valence electrons. The molecule has 5 heteroatoms. The Morgan fingerprint density at radius 1 is 1.00 bits per heavy atom. The third-order valence-electron chi connectivity index (χ3n) is 4.20. The van der Waals surface area contributed by atoms with E-state index in [4.69, 9.17) is 0 Å². The third kappa shape index (κ3) is 5.16. The zero-order valence-corrected chi connectivity index (χ0v) is 14.7. The molecule has 0 heterocycles. The van der Waals surface area contributed by atoms with Crippen LogP contribution in [0.2, 0.25) is 0 Å². The number of carbonyl (C=O) groups is 2. The summed E-state index contributed by atoms with van der Waals surface area (Å²) in [7, 11) is 0. The number of hydrogen-bond donors (Lipinski definition) is 3. The highest BCUT2D eigenvalue weighted by molar-refractivity contribution is 6.39. The molecular formula is C20H24N2O3. The van der Waals surface area contributed by atoms with Crippen LogP contribution in [0, 0.1) is 13.8 Å². The fourth-order valence-corrected chi connectivity index (χ4v) is 2.56. The van der Waals surface area contributed by atoms with E-state index in [0.717, 1.165) is 16.7 Å². The van der Waals surface area contributed by atoms with E-state index in [1.165, 1.54) is 0 Å². The van der Waals surface area contributed by atoms with Crippen LogP contribution in [0.4, 0.5) is 5.69 Å². The lowest BCUT2D eigenvalue weighted by Gasteiger charge is -2.18. The van der Waals surface area contributed by atoms with Gasteiger partial charge in [0.15, 0.2) is 0 Å². The smallest absolute Gasteiger partial charge is 0.313 e. The topological polar surface area (TPSA) is 78.4 Å². The first kappa shape index (κ1) is 18.7. The molecule has 25 heavy (non-hydrogen) atoms. The molecule has 0 radical (unpaired) electrons. The van der Waals surface area contributed by atoms with Gasteiger partial charge in [0.2, 0.25) is 0 Å². The maximum absolute atomic E-state index is 12.1. The molecule has 3 N–H and O–H groups in total.